The number of nitrogens with one attached hydrogen (secondary N) is 1. The minimum Gasteiger partial charge on any atom is -0.343 e. The fraction of sp³-hybridized carbons (Fsp3) is 0.692. The van der Waals surface area contributed by atoms with E-state index in [2.05, 4.69) is 10.3 Å². The van der Waals surface area contributed by atoms with Gasteiger partial charge in [-0.1, -0.05) is 0 Å². The van der Waals surface area contributed by atoms with Crippen molar-refractivity contribution in [1.29, 1.82) is 0 Å². The zero-order valence-electron chi connectivity index (χ0n) is 11.8. The van der Waals surface area contributed by atoms with Crippen LogP contribution in [-0.2, 0) is 11.3 Å². The molecule has 0 spiro atoms. The third-order valence-electron chi connectivity index (χ3n) is 3.60. The minimum atomic E-state index is 0. The summed E-state index contributed by atoms with van der Waals surface area (Å²) in [5.74, 6) is 0.999. The average molecular weight is 323 g/mol. The average Bonchev–Trinajstić information content (AvgIpc) is 2.90. The number of aryl methyl sites for hydroxylation is 1. The maximum Gasteiger partial charge on any atom is 0.224 e. The number of amides is 1. The lowest BCUT2D eigenvalue weighted by molar-refractivity contribution is -0.132. The van der Waals surface area contributed by atoms with E-state index in [9.17, 15) is 4.79 Å². The highest BCUT2D eigenvalue weighted by Gasteiger charge is 2.21. The zero-order valence-corrected chi connectivity index (χ0v) is 13.5. The Labute approximate surface area is 132 Å². The van der Waals surface area contributed by atoms with Gasteiger partial charge in [0.05, 0.1) is 6.33 Å². The Morgan fingerprint density at radius 3 is 2.60 bits per heavy atom. The fourth-order valence-electron chi connectivity index (χ4n) is 2.48. The van der Waals surface area contributed by atoms with Crippen molar-refractivity contribution in [1.82, 2.24) is 19.8 Å². The first-order valence-electron chi connectivity index (χ1n) is 6.67. The summed E-state index contributed by atoms with van der Waals surface area (Å²) in [7, 11) is 1.99. The number of hydrogen-bond donors (Lipinski definition) is 1. The second-order valence-corrected chi connectivity index (χ2v) is 4.93. The molecule has 1 aromatic heterocycles. The van der Waals surface area contributed by atoms with Crippen molar-refractivity contribution in [3.05, 3.63) is 18.7 Å². The maximum absolute atomic E-state index is 12.0. The summed E-state index contributed by atoms with van der Waals surface area (Å²) < 4.78 is 1.95. The number of aromatic nitrogens is 2. The third kappa shape index (κ3) is 5.69. The van der Waals surface area contributed by atoms with Gasteiger partial charge in [-0.2, -0.15) is 0 Å². The van der Waals surface area contributed by atoms with Gasteiger partial charge in [0.2, 0.25) is 5.91 Å². The molecule has 1 aliphatic heterocycles. The van der Waals surface area contributed by atoms with E-state index in [-0.39, 0.29) is 30.7 Å². The van der Waals surface area contributed by atoms with Gasteiger partial charge in [0.15, 0.2) is 0 Å². The monoisotopic (exact) mass is 322 g/mol. The molecule has 116 valence electrons. The second-order valence-electron chi connectivity index (χ2n) is 4.93. The lowest BCUT2D eigenvalue weighted by atomic mass is 9.96. The predicted octanol–water partition coefficient (Wildman–Crippen LogP) is 1.57. The van der Waals surface area contributed by atoms with Crippen LogP contribution in [0.2, 0.25) is 0 Å². The Morgan fingerprint density at radius 1 is 1.35 bits per heavy atom. The molecule has 0 bridgehead atoms. The maximum atomic E-state index is 12.0. The second kappa shape index (κ2) is 10.0. The minimum absolute atomic E-state index is 0. The number of carbonyl (C=O) groups excluding carboxylic acids is 1. The van der Waals surface area contributed by atoms with Gasteiger partial charge in [-0.15, -0.1) is 24.8 Å². The fourth-order valence-corrected chi connectivity index (χ4v) is 2.48. The van der Waals surface area contributed by atoms with Crippen molar-refractivity contribution in [3.8, 4) is 0 Å². The number of halogens is 2. The summed E-state index contributed by atoms with van der Waals surface area (Å²) >= 11 is 0. The van der Waals surface area contributed by atoms with Crippen LogP contribution < -0.4 is 5.32 Å². The Balaban J connectivity index is 0.00000180. The SMILES string of the molecule is CNCC1CCN(C(=O)CCn2ccnc2)CC1.Cl.Cl. The van der Waals surface area contributed by atoms with Crippen molar-refractivity contribution >= 4 is 30.7 Å². The van der Waals surface area contributed by atoms with Crippen LogP contribution in [0.15, 0.2) is 18.7 Å². The van der Waals surface area contributed by atoms with Gasteiger partial charge in [0.1, 0.15) is 0 Å². The van der Waals surface area contributed by atoms with Crippen LogP contribution >= 0.6 is 24.8 Å². The number of hydrogen-bond acceptors (Lipinski definition) is 3. The summed E-state index contributed by atoms with van der Waals surface area (Å²) in [6, 6.07) is 0. The molecule has 1 N–H and O–H groups in total. The number of carbonyl (C=O) groups is 1. The molecular weight excluding hydrogens is 299 g/mol. The number of imidazole rings is 1. The molecule has 0 radical (unpaired) electrons. The number of piperidine rings is 1. The highest BCUT2D eigenvalue weighted by molar-refractivity contribution is 5.85. The molecule has 20 heavy (non-hydrogen) atoms. The molecule has 1 saturated heterocycles. The summed E-state index contributed by atoms with van der Waals surface area (Å²) in [6.45, 7) is 3.62. The molecule has 1 amide bonds. The molecule has 1 aliphatic rings. The summed E-state index contributed by atoms with van der Waals surface area (Å²) in [6.07, 6.45) is 8.22. The first kappa shape index (κ1) is 19.2. The van der Waals surface area contributed by atoms with E-state index in [4.69, 9.17) is 0 Å². The molecule has 2 rings (SSSR count). The largest absolute Gasteiger partial charge is 0.343 e. The van der Waals surface area contributed by atoms with E-state index in [0.717, 1.165) is 44.9 Å². The van der Waals surface area contributed by atoms with E-state index in [1.165, 1.54) is 0 Å². The number of likely N-dealkylation sites (tertiary alicyclic amines) is 1. The molecule has 0 unspecified atom stereocenters. The summed E-state index contributed by atoms with van der Waals surface area (Å²) in [4.78, 5) is 18.0. The zero-order chi connectivity index (χ0) is 12.8. The van der Waals surface area contributed by atoms with E-state index < -0.39 is 0 Å². The normalized spacial score (nSPS) is 15.3. The van der Waals surface area contributed by atoms with Crippen LogP contribution in [0.1, 0.15) is 19.3 Å². The van der Waals surface area contributed by atoms with Crippen LogP contribution in [0, 0.1) is 5.92 Å². The van der Waals surface area contributed by atoms with Gasteiger partial charge in [-0.3, -0.25) is 4.79 Å². The van der Waals surface area contributed by atoms with Gasteiger partial charge in [0.25, 0.3) is 0 Å². The highest BCUT2D eigenvalue weighted by atomic mass is 35.5. The molecule has 1 aromatic rings. The molecule has 0 aromatic carbocycles. The van der Waals surface area contributed by atoms with E-state index in [0.29, 0.717) is 6.42 Å². The topological polar surface area (TPSA) is 50.2 Å². The smallest absolute Gasteiger partial charge is 0.224 e. The van der Waals surface area contributed by atoms with E-state index >= 15 is 0 Å². The predicted molar refractivity (Wildman–Crippen MR) is 84.6 cm³/mol. The first-order chi connectivity index (χ1) is 8.79. The number of nitrogens with zero attached hydrogens (tertiary/aromatic N) is 3. The van der Waals surface area contributed by atoms with Gasteiger partial charge in [-0.05, 0) is 32.4 Å². The van der Waals surface area contributed by atoms with Crippen LogP contribution in [0.5, 0.6) is 0 Å². The molecule has 2 heterocycles. The molecule has 0 atom stereocenters. The molecule has 7 heteroatoms. The number of rotatable bonds is 5. The van der Waals surface area contributed by atoms with E-state index in [1.54, 1.807) is 12.5 Å². The quantitative estimate of drug-likeness (QED) is 0.895. The Kier molecular flexibility index (Phi) is 9.63. The van der Waals surface area contributed by atoms with Crippen molar-refractivity contribution in [2.75, 3.05) is 26.7 Å². The molecule has 5 nitrogen and oxygen atoms in total. The summed E-state index contributed by atoms with van der Waals surface area (Å²) in [5, 5.41) is 3.21. The Morgan fingerprint density at radius 2 is 2.05 bits per heavy atom. The van der Waals surface area contributed by atoms with Crippen LogP contribution in [-0.4, -0.2) is 47.0 Å². The summed E-state index contributed by atoms with van der Waals surface area (Å²) in [5.41, 5.74) is 0. The van der Waals surface area contributed by atoms with Crippen LogP contribution in [0.25, 0.3) is 0 Å². The van der Waals surface area contributed by atoms with E-state index in [1.807, 2.05) is 22.7 Å². The molecule has 1 fully saturated rings. The van der Waals surface area contributed by atoms with Crippen molar-refractivity contribution < 1.29 is 4.79 Å². The Hall–Kier alpha value is -0.780. The molecule has 0 saturated carbocycles. The van der Waals surface area contributed by atoms with Gasteiger partial charge in [-0.25, -0.2) is 4.98 Å². The van der Waals surface area contributed by atoms with Gasteiger partial charge >= 0.3 is 0 Å². The van der Waals surface area contributed by atoms with Crippen molar-refractivity contribution in [2.45, 2.75) is 25.8 Å². The van der Waals surface area contributed by atoms with Crippen LogP contribution in [0.4, 0.5) is 0 Å². The lowest BCUT2D eigenvalue weighted by Gasteiger charge is -2.32. The third-order valence-corrected chi connectivity index (χ3v) is 3.60. The Bertz CT molecular complexity index is 364. The van der Waals surface area contributed by atoms with Crippen LogP contribution in [0.3, 0.4) is 0 Å². The highest BCUT2D eigenvalue weighted by Crippen LogP contribution is 2.17. The molecule has 0 aliphatic carbocycles. The molecular formula is C13H24Cl2N4O. The first-order valence-corrected chi connectivity index (χ1v) is 6.67. The van der Waals surface area contributed by atoms with Gasteiger partial charge < -0.3 is 14.8 Å². The van der Waals surface area contributed by atoms with Gasteiger partial charge in [0, 0.05) is 38.4 Å². The lowest BCUT2D eigenvalue weighted by Crippen LogP contribution is -2.40. The van der Waals surface area contributed by atoms with Crippen molar-refractivity contribution in [3.63, 3.8) is 0 Å². The standard InChI is InChI=1S/C13H22N4O.2ClH/c1-14-10-12-2-7-17(8-3-12)13(18)4-6-16-9-5-15-11-16;;/h5,9,11-12,14H,2-4,6-8,10H2,1H3;2*1H. The van der Waals surface area contributed by atoms with Crippen molar-refractivity contribution in [2.24, 2.45) is 5.92 Å².